The van der Waals surface area contributed by atoms with Crippen molar-refractivity contribution in [1.82, 2.24) is 15.1 Å². The molecule has 2 aromatic rings. The number of aromatic nitrogens is 2. The van der Waals surface area contributed by atoms with Crippen molar-refractivity contribution < 1.29 is 14.3 Å². The highest BCUT2D eigenvalue weighted by Gasteiger charge is 2.31. The van der Waals surface area contributed by atoms with Crippen LogP contribution in [0.25, 0.3) is 11.5 Å². The normalized spacial score (nSPS) is 14.6. The predicted molar refractivity (Wildman–Crippen MR) is 78.5 cm³/mol. The Morgan fingerprint density at radius 1 is 1.33 bits per heavy atom. The fourth-order valence-electron chi connectivity index (χ4n) is 2.13. The van der Waals surface area contributed by atoms with Crippen LogP contribution < -0.4 is 0 Å². The highest BCUT2D eigenvalue weighted by atomic mass is 79.9. The van der Waals surface area contributed by atoms with Crippen LogP contribution in [0, 0.1) is 0 Å². The smallest absolute Gasteiger partial charge is 0.317 e. The first-order valence-corrected chi connectivity index (χ1v) is 7.45. The summed E-state index contributed by atoms with van der Waals surface area (Å²) in [6.07, 6.45) is 2.06. The van der Waals surface area contributed by atoms with E-state index >= 15 is 0 Å². The number of halogens is 1. The fourth-order valence-corrected chi connectivity index (χ4v) is 2.39. The SMILES string of the molecule is O=C(O)CN(Cc1nnc(-c2ccc(Br)cc2)o1)C1CC1. The Morgan fingerprint density at radius 3 is 2.67 bits per heavy atom. The van der Waals surface area contributed by atoms with Crippen molar-refractivity contribution in [2.45, 2.75) is 25.4 Å². The lowest BCUT2D eigenvalue weighted by Crippen LogP contribution is -2.31. The molecule has 0 spiro atoms. The van der Waals surface area contributed by atoms with E-state index in [1.807, 2.05) is 29.2 Å². The van der Waals surface area contributed by atoms with E-state index in [2.05, 4.69) is 26.1 Å². The maximum absolute atomic E-state index is 10.9. The largest absolute Gasteiger partial charge is 0.480 e. The van der Waals surface area contributed by atoms with Gasteiger partial charge in [-0.3, -0.25) is 9.69 Å². The van der Waals surface area contributed by atoms with E-state index in [4.69, 9.17) is 9.52 Å². The molecule has 1 aliphatic carbocycles. The lowest BCUT2D eigenvalue weighted by molar-refractivity contribution is -0.138. The third-order valence-corrected chi connectivity index (χ3v) is 3.83. The topological polar surface area (TPSA) is 79.5 Å². The molecule has 3 rings (SSSR count). The van der Waals surface area contributed by atoms with E-state index in [1.165, 1.54) is 0 Å². The first-order chi connectivity index (χ1) is 10.1. The van der Waals surface area contributed by atoms with Gasteiger partial charge in [-0.15, -0.1) is 10.2 Å². The third kappa shape index (κ3) is 3.68. The van der Waals surface area contributed by atoms with Crippen LogP contribution >= 0.6 is 15.9 Å². The Balaban J connectivity index is 1.72. The fraction of sp³-hybridized carbons (Fsp3) is 0.357. The summed E-state index contributed by atoms with van der Waals surface area (Å²) in [7, 11) is 0. The van der Waals surface area contributed by atoms with Crippen LogP contribution in [-0.4, -0.2) is 38.8 Å². The molecule has 0 saturated heterocycles. The molecule has 0 radical (unpaired) electrons. The van der Waals surface area contributed by atoms with Gasteiger partial charge in [-0.2, -0.15) is 0 Å². The van der Waals surface area contributed by atoms with Crippen LogP contribution in [0.15, 0.2) is 33.2 Å². The van der Waals surface area contributed by atoms with Gasteiger partial charge < -0.3 is 9.52 Å². The van der Waals surface area contributed by atoms with Crippen LogP contribution in [0.1, 0.15) is 18.7 Å². The van der Waals surface area contributed by atoms with Crippen LogP contribution in [0.4, 0.5) is 0 Å². The van der Waals surface area contributed by atoms with Crippen molar-refractivity contribution in [3.8, 4) is 11.5 Å². The van der Waals surface area contributed by atoms with Crippen LogP contribution in [0.5, 0.6) is 0 Å². The highest BCUT2D eigenvalue weighted by Crippen LogP contribution is 2.28. The highest BCUT2D eigenvalue weighted by molar-refractivity contribution is 9.10. The number of carbonyl (C=O) groups is 1. The number of carboxylic acid groups (broad SMARTS) is 1. The van der Waals surface area contributed by atoms with Gasteiger partial charge in [0.15, 0.2) is 0 Å². The molecule has 0 bridgehead atoms. The average molecular weight is 352 g/mol. The zero-order chi connectivity index (χ0) is 14.8. The molecular formula is C14H14BrN3O3. The van der Waals surface area contributed by atoms with Gasteiger partial charge >= 0.3 is 5.97 Å². The molecule has 110 valence electrons. The van der Waals surface area contributed by atoms with E-state index < -0.39 is 5.97 Å². The molecule has 0 unspecified atom stereocenters. The molecule has 0 atom stereocenters. The molecule has 1 fully saturated rings. The minimum Gasteiger partial charge on any atom is -0.480 e. The quantitative estimate of drug-likeness (QED) is 0.861. The van der Waals surface area contributed by atoms with Gasteiger partial charge in [-0.1, -0.05) is 15.9 Å². The van der Waals surface area contributed by atoms with Gasteiger partial charge in [0.25, 0.3) is 0 Å². The Labute approximate surface area is 129 Å². The Hall–Kier alpha value is -1.73. The number of rotatable bonds is 6. The molecule has 1 N–H and O–H groups in total. The number of carboxylic acids is 1. The summed E-state index contributed by atoms with van der Waals surface area (Å²) >= 11 is 3.37. The van der Waals surface area contributed by atoms with Crippen LogP contribution in [0.3, 0.4) is 0 Å². The van der Waals surface area contributed by atoms with E-state index in [9.17, 15) is 4.79 Å². The molecule has 1 aromatic heterocycles. The first kappa shape index (κ1) is 14.2. The summed E-state index contributed by atoms with van der Waals surface area (Å²) in [5.41, 5.74) is 0.841. The molecule has 6 nitrogen and oxygen atoms in total. The van der Waals surface area contributed by atoms with Crippen LogP contribution in [-0.2, 0) is 11.3 Å². The van der Waals surface area contributed by atoms with Crippen molar-refractivity contribution in [3.63, 3.8) is 0 Å². The Kier molecular flexibility index (Phi) is 4.03. The summed E-state index contributed by atoms with van der Waals surface area (Å²) in [6.45, 7) is 0.376. The van der Waals surface area contributed by atoms with Gasteiger partial charge in [-0.05, 0) is 37.1 Å². The van der Waals surface area contributed by atoms with E-state index in [1.54, 1.807) is 0 Å². The van der Waals surface area contributed by atoms with Gasteiger partial charge in [0.1, 0.15) is 0 Å². The summed E-state index contributed by atoms with van der Waals surface area (Å²) in [4.78, 5) is 12.7. The van der Waals surface area contributed by atoms with Gasteiger partial charge in [-0.25, -0.2) is 0 Å². The number of aliphatic carboxylic acids is 1. The number of hydrogen-bond acceptors (Lipinski definition) is 5. The summed E-state index contributed by atoms with van der Waals surface area (Å²) in [6, 6.07) is 7.90. The van der Waals surface area contributed by atoms with Crippen molar-refractivity contribution in [3.05, 3.63) is 34.6 Å². The average Bonchev–Trinajstić information content (AvgIpc) is 3.19. The number of hydrogen-bond donors (Lipinski definition) is 1. The third-order valence-electron chi connectivity index (χ3n) is 3.30. The molecule has 0 aliphatic heterocycles. The lowest BCUT2D eigenvalue weighted by atomic mass is 10.2. The van der Waals surface area contributed by atoms with E-state index in [-0.39, 0.29) is 6.54 Å². The second-order valence-electron chi connectivity index (χ2n) is 5.04. The molecule has 1 heterocycles. The van der Waals surface area contributed by atoms with Crippen molar-refractivity contribution >= 4 is 21.9 Å². The second-order valence-corrected chi connectivity index (χ2v) is 5.95. The van der Waals surface area contributed by atoms with Crippen molar-refractivity contribution in [1.29, 1.82) is 0 Å². The standard InChI is InChI=1S/C14H14BrN3O3/c15-10-3-1-9(2-4-10)14-17-16-12(21-14)7-18(8-13(19)20)11-5-6-11/h1-4,11H,5-8H2,(H,19,20). The number of benzene rings is 1. The molecule has 1 aliphatic rings. The van der Waals surface area contributed by atoms with Crippen molar-refractivity contribution in [2.75, 3.05) is 6.54 Å². The predicted octanol–water partition coefficient (Wildman–Crippen LogP) is 2.55. The molecule has 7 heteroatoms. The molecule has 1 aromatic carbocycles. The van der Waals surface area contributed by atoms with E-state index in [0.717, 1.165) is 22.9 Å². The van der Waals surface area contributed by atoms with Crippen LogP contribution in [0.2, 0.25) is 0 Å². The van der Waals surface area contributed by atoms with Gasteiger partial charge in [0, 0.05) is 16.1 Å². The maximum Gasteiger partial charge on any atom is 0.317 e. The Bertz CT molecular complexity index is 637. The van der Waals surface area contributed by atoms with E-state index in [0.29, 0.717) is 24.4 Å². The molecular weight excluding hydrogens is 338 g/mol. The number of nitrogens with zero attached hydrogens (tertiary/aromatic N) is 3. The first-order valence-electron chi connectivity index (χ1n) is 6.66. The summed E-state index contributed by atoms with van der Waals surface area (Å²) < 4.78 is 6.61. The summed E-state index contributed by atoms with van der Waals surface area (Å²) in [5, 5.41) is 17.0. The zero-order valence-corrected chi connectivity index (χ0v) is 12.8. The maximum atomic E-state index is 10.9. The molecule has 0 amide bonds. The monoisotopic (exact) mass is 351 g/mol. The lowest BCUT2D eigenvalue weighted by Gasteiger charge is -2.16. The molecule has 21 heavy (non-hydrogen) atoms. The van der Waals surface area contributed by atoms with Crippen molar-refractivity contribution in [2.24, 2.45) is 0 Å². The summed E-state index contributed by atoms with van der Waals surface area (Å²) in [5.74, 6) is 0.0548. The molecule has 1 saturated carbocycles. The second kappa shape index (κ2) is 5.95. The zero-order valence-electron chi connectivity index (χ0n) is 11.2. The van der Waals surface area contributed by atoms with Gasteiger partial charge in [0.05, 0.1) is 13.1 Å². The van der Waals surface area contributed by atoms with Gasteiger partial charge in [0.2, 0.25) is 11.8 Å². The Morgan fingerprint density at radius 2 is 2.05 bits per heavy atom. The minimum absolute atomic E-state index is 0.000658. The minimum atomic E-state index is -0.838.